The van der Waals surface area contributed by atoms with Crippen LogP contribution in [0.5, 0.6) is 0 Å². The molecule has 112 valence electrons. The average Bonchev–Trinajstić information content (AvgIpc) is 2.88. The lowest BCUT2D eigenvalue weighted by atomic mass is 9.91. The van der Waals surface area contributed by atoms with Gasteiger partial charge < -0.3 is 9.84 Å². The molecule has 1 N–H and O–H groups in total. The SMILES string of the molecule is CN1CCNCC1c1noc(C2CCCCCCC2)n1. The largest absolute Gasteiger partial charge is 0.339 e. The number of hydrogen-bond acceptors (Lipinski definition) is 5. The van der Waals surface area contributed by atoms with Crippen LogP contribution in [-0.4, -0.2) is 41.7 Å². The van der Waals surface area contributed by atoms with Crippen LogP contribution in [0.25, 0.3) is 0 Å². The molecule has 5 heteroatoms. The summed E-state index contributed by atoms with van der Waals surface area (Å²) in [6.45, 7) is 3.00. The first kappa shape index (κ1) is 14.0. The van der Waals surface area contributed by atoms with Crippen molar-refractivity contribution in [3.63, 3.8) is 0 Å². The van der Waals surface area contributed by atoms with E-state index >= 15 is 0 Å². The molecule has 2 heterocycles. The van der Waals surface area contributed by atoms with Gasteiger partial charge in [-0.05, 0) is 19.9 Å². The molecule has 5 nitrogen and oxygen atoms in total. The van der Waals surface area contributed by atoms with Crippen molar-refractivity contribution in [1.29, 1.82) is 0 Å². The zero-order chi connectivity index (χ0) is 13.8. The summed E-state index contributed by atoms with van der Waals surface area (Å²) in [5.41, 5.74) is 0. The van der Waals surface area contributed by atoms with Gasteiger partial charge in [0.1, 0.15) is 0 Å². The smallest absolute Gasteiger partial charge is 0.229 e. The minimum atomic E-state index is 0.259. The third-order valence-corrected chi connectivity index (χ3v) is 4.72. The van der Waals surface area contributed by atoms with Crippen LogP contribution in [0.4, 0.5) is 0 Å². The molecule has 0 bridgehead atoms. The van der Waals surface area contributed by atoms with Gasteiger partial charge in [0.05, 0.1) is 6.04 Å². The molecule has 1 aromatic rings. The fourth-order valence-corrected chi connectivity index (χ4v) is 3.35. The summed E-state index contributed by atoms with van der Waals surface area (Å²) in [6, 6.07) is 0.259. The number of hydrogen-bond donors (Lipinski definition) is 1. The molecular weight excluding hydrogens is 252 g/mol. The van der Waals surface area contributed by atoms with Gasteiger partial charge in [-0.3, -0.25) is 4.90 Å². The molecule has 2 fully saturated rings. The molecule has 1 saturated carbocycles. The minimum Gasteiger partial charge on any atom is -0.339 e. The summed E-state index contributed by atoms with van der Waals surface area (Å²) < 4.78 is 5.59. The van der Waals surface area contributed by atoms with Gasteiger partial charge in [0.25, 0.3) is 0 Å². The van der Waals surface area contributed by atoms with Gasteiger partial charge in [0.2, 0.25) is 5.89 Å². The molecule has 1 aliphatic heterocycles. The maximum absolute atomic E-state index is 5.59. The van der Waals surface area contributed by atoms with Crippen molar-refractivity contribution in [1.82, 2.24) is 20.4 Å². The van der Waals surface area contributed by atoms with Crippen LogP contribution < -0.4 is 5.32 Å². The molecule has 0 aromatic carbocycles. The van der Waals surface area contributed by atoms with E-state index in [9.17, 15) is 0 Å². The van der Waals surface area contributed by atoms with E-state index in [-0.39, 0.29) is 6.04 Å². The molecule has 1 saturated heterocycles. The molecule has 0 spiro atoms. The summed E-state index contributed by atoms with van der Waals surface area (Å²) in [4.78, 5) is 7.03. The van der Waals surface area contributed by atoms with Gasteiger partial charge >= 0.3 is 0 Å². The second kappa shape index (κ2) is 6.68. The second-order valence-corrected chi connectivity index (χ2v) is 6.23. The van der Waals surface area contributed by atoms with Gasteiger partial charge in [-0.15, -0.1) is 0 Å². The first-order valence-electron chi connectivity index (χ1n) is 8.09. The molecule has 1 atom stereocenters. The Kier molecular flexibility index (Phi) is 4.68. The predicted octanol–water partition coefficient (Wildman–Crippen LogP) is 2.47. The highest BCUT2D eigenvalue weighted by Gasteiger charge is 2.27. The Morgan fingerprint density at radius 1 is 1.15 bits per heavy atom. The maximum atomic E-state index is 5.59. The number of nitrogens with zero attached hydrogens (tertiary/aromatic N) is 3. The summed E-state index contributed by atoms with van der Waals surface area (Å²) >= 11 is 0. The van der Waals surface area contributed by atoms with Crippen molar-refractivity contribution < 1.29 is 4.52 Å². The van der Waals surface area contributed by atoms with Crippen LogP contribution in [-0.2, 0) is 0 Å². The van der Waals surface area contributed by atoms with Gasteiger partial charge in [-0.1, -0.05) is 37.3 Å². The molecule has 0 amide bonds. The van der Waals surface area contributed by atoms with Gasteiger partial charge in [0, 0.05) is 25.6 Å². The monoisotopic (exact) mass is 278 g/mol. The third-order valence-electron chi connectivity index (χ3n) is 4.72. The Morgan fingerprint density at radius 3 is 2.65 bits per heavy atom. The van der Waals surface area contributed by atoms with Crippen LogP contribution in [0.1, 0.15) is 68.6 Å². The summed E-state index contributed by atoms with van der Waals surface area (Å²) in [7, 11) is 2.14. The zero-order valence-corrected chi connectivity index (χ0v) is 12.5. The summed E-state index contributed by atoms with van der Waals surface area (Å²) in [5, 5.41) is 7.66. The Bertz CT molecular complexity index is 412. The van der Waals surface area contributed by atoms with Crippen molar-refractivity contribution in [3.05, 3.63) is 11.7 Å². The normalized spacial score (nSPS) is 27.1. The van der Waals surface area contributed by atoms with Crippen LogP contribution in [0.2, 0.25) is 0 Å². The van der Waals surface area contributed by atoms with Crippen molar-refractivity contribution in [2.24, 2.45) is 0 Å². The highest BCUT2D eigenvalue weighted by molar-refractivity contribution is 5.01. The van der Waals surface area contributed by atoms with Crippen molar-refractivity contribution in [2.75, 3.05) is 26.7 Å². The molecule has 3 rings (SSSR count). The molecule has 1 aromatic heterocycles. The Balaban J connectivity index is 1.68. The number of aromatic nitrogens is 2. The van der Waals surface area contributed by atoms with E-state index < -0.39 is 0 Å². The van der Waals surface area contributed by atoms with E-state index in [0.717, 1.165) is 31.3 Å². The maximum Gasteiger partial charge on any atom is 0.229 e. The lowest BCUT2D eigenvalue weighted by Gasteiger charge is -2.30. The van der Waals surface area contributed by atoms with Crippen molar-refractivity contribution in [2.45, 2.75) is 56.9 Å². The lowest BCUT2D eigenvalue weighted by molar-refractivity contribution is 0.190. The van der Waals surface area contributed by atoms with Gasteiger partial charge in [-0.2, -0.15) is 4.98 Å². The molecule has 0 radical (unpaired) electrons. The minimum absolute atomic E-state index is 0.259. The summed E-state index contributed by atoms with van der Waals surface area (Å²) in [5.74, 6) is 2.22. The van der Waals surface area contributed by atoms with Crippen molar-refractivity contribution in [3.8, 4) is 0 Å². The second-order valence-electron chi connectivity index (χ2n) is 6.23. The number of rotatable bonds is 2. The fourth-order valence-electron chi connectivity index (χ4n) is 3.35. The van der Waals surface area contributed by atoms with E-state index in [1.807, 2.05) is 0 Å². The highest BCUT2D eigenvalue weighted by atomic mass is 16.5. The first-order chi connectivity index (χ1) is 9.84. The number of nitrogens with one attached hydrogen (secondary N) is 1. The zero-order valence-electron chi connectivity index (χ0n) is 12.5. The van der Waals surface area contributed by atoms with Crippen molar-refractivity contribution >= 4 is 0 Å². The van der Waals surface area contributed by atoms with Crippen LogP contribution >= 0.6 is 0 Å². The number of likely N-dealkylation sites (N-methyl/N-ethyl adjacent to an activating group) is 1. The Labute approximate surface area is 121 Å². The topological polar surface area (TPSA) is 54.2 Å². The Morgan fingerprint density at radius 2 is 1.90 bits per heavy atom. The molecule has 20 heavy (non-hydrogen) atoms. The van der Waals surface area contributed by atoms with Crippen LogP contribution in [0.15, 0.2) is 4.52 Å². The highest BCUT2D eigenvalue weighted by Crippen LogP contribution is 2.30. The van der Waals surface area contributed by atoms with E-state index in [2.05, 4.69) is 22.4 Å². The van der Waals surface area contributed by atoms with E-state index in [1.54, 1.807) is 0 Å². The molecule has 2 aliphatic rings. The average molecular weight is 278 g/mol. The third kappa shape index (κ3) is 3.20. The predicted molar refractivity (Wildman–Crippen MR) is 77.6 cm³/mol. The molecule has 1 aliphatic carbocycles. The fraction of sp³-hybridized carbons (Fsp3) is 0.867. The van der Waals surface area contributed by atoms with Crippen LogP contribution in [0.3, 0.4) is 0 Å². The molecule has 1 unspecified atom stereocenters. The van der Waals surface area contributed by atoms with E-state index in [0.29, 0.717) is 5.92 Å². The lowest BCUT2D eigenvalue weighted by Crippen LogP contribution is -2.44. The van der Waals surface area contributed by atoms with Gasteiger partial charge in [-0.25, -0.2) is 0 Å². The van der Waals surface area contributed by atoms with E-state index in [1.165, 1.54) is 44.9 Å². The van der Waals surface area contributed by atoms with Crippen LogP contribution in [0, 0.1) is 0 Å². The summed E-state index contributed by atoms with van der Waals surface area (Å²) in [6.07, 6.45) is 9.11. The Hall–Kier alpha value is -0.940. The quantitative estimate of drug-likeness (QED) is 0.900. The van der Waals surface area contributed by atoms with Gasteiger partial charge in [0.15, 0.2) is 5.82 Å². The molecular formula is C15H26N4O. The first-order valence-corrected chi connectivity index (χ1v) is 8.09. The van der Waals surface area contributed by atoms with E-state index in [4.69, 9.17) is 9.51 Å². The standard InChI is InChI=1S/C15H26N4O/c1-19-10-9-16-11-13(19)14-17-15(20-18-14)12-7-5-3-2-4-6-8-12/h12-13,16H,2-11H2,1H3. The number of piperazine rings is 1.